The predicted molar refractivity (Wildman–Crippen MR) is 89.8 cm³/mol. The average molecular weight is 340 g/mol. The summed E-state index contributed by atoms with van der Waals surface area (Å²) < 4.78 is 24.5. The Morgan fingerprint density at radius 2 is 1.96 bits per heavy atom. The van der Waals surface area contributed by atoms with Gasteiger partial charge in [0.15, 0.2) is 17.4 Å². The van der Waals surface area contributed by atoms with E-state index in [-0.39, 0.29) is 12.4 Å². The zero-order valence-corrected chi connectivity index (χ0v) is 14.2. The standard InChI is InChI=1S/C18H17FN4O2/c1-11-12(2)22-17(15-9-20-6-7-21-15)23-18(11)25-10-13-4-5-16(24-3)14(19)8-13/h4-9H,10H2,1-3H3. The van der Waals surface area contributed by atoms with Crippen molar-refractivity contribution in [2.45, 2.75) is 20.5 Å². The van der Waals surface area contributed by atoms with Crippen molar-refractivity contribution in [1.29, 1.82) is 0 Å². The Bertz CT molecular complexity index is 888. The summed E-state index contributed by atoms with van der Waals surface area (Å²) in [6.45, 7) is 3.93. The molecule has 0 amide bonds. The number of hydrogen-bond donors (Lipinski definition) is 0. The van der Waals surface area contributed by atoms with Crippen molar-refractivity contribution in [3.05, 3.63) is 59.4 Å². The van der Waals surface area contributed by atoms with Gasteiger partial charge in [-0.15, -0.1) is 0 Å². The molecule has 2 heterocycles. The number of hydrogen-bond acceptors (Lipinski definition) is 6. The molecule has 25 heavy (non-hydrogen) atoms. The van der Waals surface area contributed by atoms with Gasteiger partial charge in [-0.3, -0.25) is 4.98 Å². The fourth-order valence-electron chi connectivity index (χ4n) is 2.22. The fraction of sp³-hybridized carbons (Fsp3) is 0.222. The van der Waals surface area contributed by atoms with Gasteiger partial charge in [-0.25, -0.2) is 14.4 Å². The second kappa shape index (κ2) is 7.21. The zero-order chi connectivity index (χ0) is 17.8. The van der Waals surface area contributed by atoms with Gasteiger partial charge in [-0.05, 0) is 31.5 Å². The summed E-state index contributed by atoms with van der Waals surface area (Å²) in [5, 5.41) is 0. The first-order chi connectivity index (χ1) is 12.1. The first kappa shape index (κ1) is 16.8. The third kappa shape index (κ3) is 3.71. The summed E-state index contributed by atoms with van der Waals surface area (Å²) in [6, 6.07) is 4.69. The van der Waals surface area contributed by atoms with Crippen molar-refractivity contribution in [1.82, 2.24) is 19.9 Å². The number of nitrogens with zero attached hydrogens (tertiary/aromatic N) is 4. The van der Waals surface area contributed by atoms with Crippen LogP contribution in [0, 0.1) is 19.7 Å². The molecule has 0 fully saturated rings. The molecule has 0 N–H and O–H groups in total. The molecule has 0 radical (unpaired) electrons. The van der Waals surface area contributed by atoms with Gasteiger partial charge in [0, 0.05) is 23.7 Å². The summed E-state index contributed by atoms with van der Waals surface area (Å²) in [7, 11) is 1.43. The van der Waals surface area contributed by atoms with E-state index >= 15 is 0 Å². The van der Waals surface area contributed by atoms with Crippen LogP contribution in [-0.4, -0.2) is 27.0 Å². The Balaban J connectivity index is 1.85. The van der Waals surface area contributed by atoms with Crippen LogP contribution in [0.2, 0.25) is 0 Å². The minimum atomic E-state index is -0.431. The van der Waals surface area contributed by atoms with Gasteiger partial charge < -0.3 is 9.47 Å². The van der Waals surface area contributed by atoms with Crippen LogP contribution < -0.4 is 9.47 Å². The molecular formula is C18H17FN4O2. The molecule has 3 aromatic rings. The maximum absolute atomic E-state index is 13.8. The summed E-state index contributed by atoms with van der Waals surface area (Å²) in [6.07, 6.45) is 4.75. The summed E-state index contributed by atoms with van der Waals surface area (Å²) in [5.74, 6) is 0.638. The van der Waals surface area contributed by atoms with Crippen molar-refractivity contribution >= 4 is 0 Å². The topological polar surface area (TPSA) is 70.0 Å². The number of rotatable bonds is 5. The maximum atomic E-state index is 13.8. The quantitative estimate of drug-likeness (QED) is 0.710. The van der Waals surface area contributed by atoms with Gasteiger partial charge in [-0.2, -0.15) is 4.98 Å². The monoisotopic (exact) mass is 340 g/mol. The highest BCUT2D eigenvalue weighted by Gasteiger charge is 2.12. The lowest BCUT2D eigenvalue weighted by atomic mass is 10.2. The van der Waals surface area contributed by atoms with Crippen LogP contribution in [0.25, 0.3) is 11.5 Å². The Labute approximate surface area is 144 Å². The van der Waals surface area contributed by atoms with Crippen LogP contribution >= 0.6 is 0 Å². The van der Waals surface area contributed by atoms with E-state index in [4.69, 9.17) is 9.47 Å². The first-order valence-electron chi connectivity index (χ1n) is 7.65. The number of methoxy groups -OCH3 is 1. The molecule has 0 aliphatic rings. The van der Waals surface area contributed by atoms with Crippen molar-refractivity contribution in [2.75, 3.05) is 7.11 Å². The SMILES string of the molecule is COc1ccc(COc2nc(-c3cnccn3)nc(C)c2C)cc1F. The third-order valence-electron chi connectivity index (χ3n) is 3.73. The van der Waals surface area contributed by atoms with Crippen molar-refractivity contribution in [2.24, 2.45) is 0 Å². The second-order valence-corrected chi connectivity index (χ2v) is 5.41. The molecule has 1 aromatic carbocycles. The summed E-state index contributed by atoms with van der Waals surface area (Å²) in [5.41, 5.74) is 2.84. The molecule has 2 aromatic heterocycles. The van der Waals surface area contributed by atoms with Crippen LogP contribution in [0.3, 0.4) is 0 Å². The highest BCUT2D eigenvalue weighted by molar-refractivity contribution is 5.49. The highest BCUT2D eigenvalue weighted by Crippen LogP contribution is 2.23. The van der Waals surface area contributed by atoms with E-state index in [0.717, 1.165) is 11.3 Å². The van der Waals surface area contributed by atoms with E-state index in [0.29, 0.717) is 23.0 Å². The number of benzene rings is 1. The average Bonchev–Trinajstić information content (AvgIpc) is 2.63. The van der Waals surface area contributed by atoms with E-state index in [1.54, 1.807) is 30.7 Å². The van der Waals surface area contributed by atoms with E-state index in [1.165, 1.54) is 13.2 Å². The Hall–Kier alpha value is -3.09. The van der Waals surface area contributed by atoms with Crippen LogP contribution in [0.1, 0.15) is 16.8 Å². The van der Waals surface area contributed by atoms with Gasteiger partial charge in [0.25, 0.3) is 0 Å². The van der Waals surface area contributed by atoms with Gasteiger partial charge >= 0.3 is 0 Å². The minimum Gasteiger partial charge on any atom is -0.494 e. The summed E-state index contributed by atoms with van der Waals surface area (Å²) in [4.78, 5) is 17.1. The molecule has 0 aliphatic carbocycles. The van der Waals surface area contributed by atoms with E-state index in [2.05, 4.69) is 19.9 Å². The zero-order valence-electron chi connectivity index (χ0n) is 14.2. The third-order valence-corrected chi connectivity index (χ3v) is 3.73. The smallest absolute Gasteiger partial charge is 0.220 e. The molecule has 0 bridgehead atoms. The maximum Gasteiger partial charge on any atom is 0.220 e. The van der Waals surface area contributed by atoms with E-state index < -0.39 is 5.82 Å². The Kier molecular flexibility index (Phi) is 4.83. The molecule has 0 atom stereocenters. The molecule has 0 unspecified atom stereocenters. The first-order valence-corrected chi connectivity index (χ1v) is 7.65. The van der Waals surface area contributed by atoms with Gasteiger partial charge in [0.1, 0.15) is 12.3 Å². The Morgan fingerprint density at radius 3 is 2.64 bits per heavy atom. The summed E-state index contributed by atoms with van der Waals surface area (Å²) >= 11 is 0. The largest absolute Gasteiger partial charge is 0.494 e. The molecule has 0 saturated carbocycles. The molecule has 0 aliphatic heterocycles. The second-order valence-electron chi connectivity index (χ2n) is 5.41. The van der Waals surface area contributed by atoms with Crippen molar-refractivity contribution < 1.29 is 13.9 Å². The van der Waals surface area contributed by atoms with Crippen LogP contribution in [0.5, 0.6) is 11.6 Å². The molecule has 3 rings (SSSR count). The molecule has 6 nitrogen and oxygen atoms in total. The van der Waals surface area contributed by atoms with Crippen LogP contribution in [-0.2, 0) is 6.61 Å². The molecule has 0 saturated heterocycles. The molecule has 7 heteroatoms. The lowest BCUT2D eigenvalue weighted by molar-refractivity contribution is 0.289. The molecule has 128 valence electrons. The van der Waals surface area contributed by atoms with E-state index in [9.17, 15) is 4.39 Å². The highest BCUT2D eigenvalue weighted by atomic mass is 19.1. The van der Waals surface area contributed by atoms with Crippen LogP contribution in [0.15, 0.2) is 36.8 Å². The lowest BCUT2D eigenvalue weighted by Crippen LogP contribution is -2.05. The molecular weight excluding hydrogens is 323 g/mol. The van der Waals surface area contributed by atoms with E-state index in [1.807, 2.05) is 13.8 Å². The van der Waals surface area contributed by atoms with Crippen molar-refractivity contribution in [3.8, 4) is 23.1 Å². The predicted octanol–water partition coefficient (Wildman–Crippen LogP) is 3.28. The lowest BCUT2D eigenvalue weighted by Gasteiger charge is -2.12. The van der Waals surface area contributed by atoms with Gasteiger partial charge in [-0.1, -0.05) is 6.07 Å². The van der Waals surface area contributed by atoms with Gasteiger partial charge in [0.2, 0.25) is 5.88 Å². The fourth-order valence-corrected chi connectivity index (χ4v) is 2.22. The number of halogens is 1. The Morgan fingerprint density at radius 1 is 1.12 bits per heavy atom. The number of aromatic nitrogens is 4. The van der Waals surface area contributed by atoms with Gasteiger partial charge in [0.05, 0.1) is 13.3 Å². The van der Waals surface area contributed by atoms with Crippen LogP contribution in [0.4, 0.5) is 4.39 Å². The van der Waals surface area contributed by atoms with Crippen molar-refractivity contribution in [3.63, 3.8) is 0 Å². The minimum absolute atomic E-state index is 0.179. The normalized spacial score (nSPS) is 10.6. The number of ether oxygens (including phenoxy) is 2. The number of aryl methyl sites for hydroxylation is 1. The molecule has 0 spiro atoms.